The molecule has 0 bridgehead atoms. The maximum atomic E-state index is 9.52. The third-order valence-electron chi connectivity index (χ3n) is 1.99. The Bertz CT molecular complexity index is 470. The number of fused-ring (bicyclic) bond motifs is 1. The lowest BCUT2D eigenvalue weighted by Gasteiger charge is -1.97. The fourth-order valence-corrected chi connectivity index (χ4v) is 1.25. The van der Waals surface area contributed by atoms with Gasteiger partial charge in [0.25, 0.3) is 0 Å². The van der Waals surface area contributed by atoms with Gasteiger partial charge in [-0.05, 0) is 18.6 Å². The Morgan fingerprint density at radius 2 is 1.77 bits per heavy atom. The fraction of sp³-hybridized carbons (Fsp3) is 0.111. The minimum absolute atomic E-state index is 0.0703. The van der Waals surface area contributed by atoms with Crippen LogP contribution in [0.5, 0.6) is 17.4 Å². The predicted molar refractivity (Wildman–Crippen MR) is 45.9 cm³/mol. The van der Waals surface area contributed by atoms with Gasteiger partial charge in [-0.1, -0.05) is 6.07 Å². The summed E-state index contributed by atoms with van der Waals surface area (Å²) in [4.78, 5) is 0. The predicted octanol–water partition coefficient (Wildman–Crippen LogP) is 1.86. The summed E-state index contributed by atoms with van der Waals surface area (Å²) in [5.74, 6) is -1.06. The van der Waals surface area contributed by atoms with E-state index >= 15 is 0 Å². The van der Waals surface area contributed by atoms with Crippen LogP contribution in [-0.2, 0) is 0 Å². The van der Waals surface area contributed by atoms with Crippen LogP contribution in [-0.4, -0.2) is 15.3 Å². The Morgan fingerprint density at radius 1 is 1.08 bits per heavy atom. The van der Waals surface area contributed by atoms with Gasteiger partial charge >= 0.3 is 5.95 Å². The summed E-state index contributed by atoms with van der Waals surface area (Å²) in [6, 6.07) is 3.21. The van der Waals surface area contributed by atoms with E-state index in [1.54, 1.807) is 19.1 Å². The second-order valence-corrected chi connectivity index (χ2v) is 2.86. The van der Waals surface area contributed by atoms with Crippen molar-refractivity contribution in [3.05, 3.63) is 17.7 Å². The standard InChI is InChI=1S/C9H8O4/c1-4-2-3-5-6(7(4)10)8(11)9(12)13-5/h2-3,10-12H,1H3. The van der Waals surface area contributed by atoms with E-state index in [4.69, 9.17) is 9.52 Å². The van der Waals surface area contributed by atoms with Crippen LogP contribution in [0.25, 0.3) is 11.0 Å². The van der Waals surface area contributed by atoms with Crippen LogP contribution in [0.4, 0.5) is 0 Å². The monoisotopic (exact) mass is 180 g/mol. The average molecular weight is 180 g/mol. The highest BCUT2D eigenvalue weighted by Crippen LogP contribution is 2.42. The zero-order valence-electron chi connectivity index (χ0n) is 6.90. The number of aryl methyl sites for hydroxylation is 1. The minimum atomic E-state index is -0.573. The summed E-state index contributed by atoms with van der Waals surface area (Å²) in [5, 5.41) is 28.0. The van der Waals surface area contributed by atoms with Crippen LogP contribution in [0, 0.1) is 6.92 Å². The second kappa shape index (κ2) is 2.32. The Morgan fingerprint density at radius 3 is 2.46 bits per heavy atom. The number of aromatic hydroxyl groups is 3. The second-order valence-electron chi connectivity index (χ2n) is 2.86. The van der Waals surface area contributed by atoms with E-state index in [-0.39, 0.29) is 16.7 Å². The molecule has 2 rings (SSSR count). The SMILES string of the molecule is Cc1ccc2oc(O)c(O)c2c1O. The molecule has 0 saturated heterocycles. The Labute approximate surface area is 73.7 Å². The zero-order valence-corrected chi connectivity index (χ0v) is 6.90. The number of phenols is 1. The number of benzene rings is 1. The largest absolute Gasteiger partial charge is 0.507 e. The van der Waals surface area contributed by atoms with E-state index in [0.29, 0.717) is 5.56 Å². The topological polar surface area (TPSA) is 73.8 Å². The highest BCUT2D eigenvalue weighted by Gasteiger charge is 2.16. The van der Waals surface area contributed by atoms with Crippen LogP contribution in [0.3, 0.4) is 0 Å². The Hall–Kier alpha value is -1.84. The molecule has 0 saturated carbocycles. The molecule has 0 aliphatic rings. The summed E-state index contributed by atoms with van der Waals surface area (Å²) in [6.07, 6.45) is 0. The van der Waals surface area contributed by atoms with Crippen LogP contribution in [0.1, 0.15) is 5.56 Å². The van der Waals surface area contributed by atoms with E-state index in [2.05, 4.69) is 0 Å². The van der Waals surface area contributed by atoms with Gasteiger partial charge in [0.1, 0.15) is 16.7 Å². The maximum absolute atomic E-state index is 9.52. The van der Waals surface area contributed by atoms with Gasteiger partial charge < -0.3 is 19.7 Å². The maximum Gasteiger partial charge on any atom is 0.327 e. The van der Waals surface area contributed by atoms with E-state index < -0.39 is 11.7 Å². The molecule has 0 spiro atoms. The molecule has 0 amide bonds. The molecular formula is C9H8O4. The van der Waals surface area contributed by atoms with Crippen LogP contribution >= 0.6 is 0 Å². The molecule has 0 atom stereocenters. The molecule has 0 aliphatic carbocycles. The molecule has 13 heavy (non-hydrogen) atoms. The first-order chi connectivity index (χ1) is 6.11. The lowest BCUT2D eigenvalue weighted by Crippen LogP contribution is -1.74. The van der Waals surface area contributed by atoms with E-state index in [1.165, 1.54) is 0 Å². The van der Waals surface area contributed by atoms with Crippen molar-refractivity contribution in [2.45, 2.75) is 6.92 Å². The Kier molecular flexibility index (Phi) is 1.39. The smallest absolute Gasteiger partial charge is 0.327 e. The van der Waals surface area contributed by atoms with Gasteiger partial charge in [-0.2, -0.15) is 0 Å². The van der Waals surface area contributed by atoms with Crippen LogP contribution in [0.2, 0.25) is 0 Å². The molecule has 1 aromatic carbocycles. The van der Waals surface area contributed by atoms with Crippen molar-refractivity contribution in [1.29, 1.82) is 0 Å². The van der Waals surface area contributed by atoms with Crippen molar-refractivity contribution in [2.75, 3.05) is 0 Å². The number of phenolic OH excluding ortho intramolecular Hbond substituents is 1. The van der Waals surface area contributed by atoms with E-state index in [0.717, 1.165) is 0 Å². The molecule has 1 heterocycles. The summed E-state index contributed by atoms with van der Waals surface area (Å²) >= 11 is 0. The van der Waals surface area contributed by atoms with Gasteiger partial charge in [-0.25, -0.2) is 0 Å². The van der Waals surface area contributed by atoms with Crippen molar-refractivity contribution >= 4 is 11.0 Å². The van der Waals surface area contributed by atoms with Crippen molar-refractivity contribution in [1.82, 2.24) is 0 Å². The zero-order chi connectivity index (χ0) is 9.59. The van der Waals surface area contributed by atoms with Gasteiger partial charge in [-0.15, -0.1) is 0 Å². The summed E-state index contributed by atoms with van der Waals surface area (Å²) in [5.41, 5.74) is 0.877. The van der Waals surface area contributed by atoms with Crippen molar-refractivity contribution in [3.8, 4) is 17.4 Å². The van der Waals surface area contributed by atoms with Crippen LogP contribution in [0.15, 0.2) is 16.5 Å². The molecule has 68 valence electrons. The molecule has 1 aromatic heterocycles. The first kappa shape index (κ1) is 7.79. The molecule has 0 radical (unpaired) electrons. The van der Waals surface area contributed by atoms with Crippen molar-refractivity contribution < 1.29 is 19.7 Å². The summed E-state index contributed by atoms with van der Waals surface area (Å²) in [7, 11) is 0. The van der Waals surface area contributed by atoms with E-state index in [9.17, 15) is 10.2 Å². The summed E-state index contributed by atoms with van der Waals surface area (Å²) in [6.45, 7) is 1.69. The molecule has 0 aliphatic heterocycles. The molecular weight excluding hydrogens is 172 g/mol. The van der Waals surface area contributed by atoms with E-state index in [1.807, 2.05) is 0 Å². The lowest BCUT2D eigenvalue weighted by molar-refractivity contribution is 0.316. The average Bonchev–Trinajstić information content (AvgIpc) is 2.37. The third-order valence-corrected chi connectivity index (χ3v) is 1.99. The summed E-state index contributed by atoms with van der Waals surface area (Å²) < 4.78 is 4.78. The van der Waals surface area contributed by atoms with Gasteiger partial charge in [0, 0.05) is 0 Å². The van der Waals surface area contributed by atoms with Gasteiger partial charge in [0.15, 0.2) is 0 Å². The number of furan rings is 1. The number of hydrogen-bond acceptors (Lipinski definition) is 4. The molecule has 4 heteroatoms. The normalized spacial score (nSPS) is 10.8. The molecule has 3 N–H and O–H groups in total. The number of hydrogen-bond donors (Lipinski definition) is 3. The minimum Gasteiger partial charge on any atom is -0.507 e. The van der Waals surface area contributed by atoms with Crippen molar-refractivity contribution in [3.63, 3.8) is 0 Å². The van der Waals surface area contributed by atoms with Crippen molar-refractivity contribution in [2.24, 2.45) is 0 Å². The molecule has 0 unspecified atom stereocenters. The first-order valence-electron chi connectivity index (χ1n) is 3.74. The highest BCUT2D eigenvalue weighted by atomic mass is 16.5. The van der Waals surface area contributed by atoms with Gasteiger partial charge in [0.2, 0.25) is 5.75 Å². The fourth-order valence-electron chi connectivity index (χ4n) is 1.25. The first-order valence-corrected chi connectivity index (χ1v) is 3.74. The molecule has 4 nitrogen and oxygen atoms in total. The highest BCUT2D eigenvalue weighted by molar-refractivity contribution is 5.92. The Balaban J connectivity index is 2.97. The quantitative estimate of drug-likeness (QED) is 0.578. The number of rotatable bonds is 0. The molecule has 2 aromatic rings. The van der Waals surface area contributed by atoms with Crippen LogP contribution < -0.4 is 0 Å². The van der Waals surface area contributed by atoms with Gasteiger partial charge in [0.05, 0.1) is 0 Å². The molecule has 0 fully saturated rings. The third kappa shape index (κ3) is 0.917. The lowest BCUT2D eigenvalue weighted by atomic mass is 10.1. The van der Waals surface area contributed by atoms with Gasteiger partial charge in [-0.3, -0.25) is 0 Å².